The molecule has 0 aliphatic carbocycles. The van der Waals surface area contributed by atoms with E-state index in [1.807, 2.05) is 0 Å². The number of halogens is 1. The van der Waals surface area contributed by atoms with Gasteiger partial charge in [0, 0.05) is 29.6 Å². The van der Waals surface area contributed by atoms with Crippen LogP contribution < -0.4 is 20.5 Å². The Morgan fingerprint density at radius 2 is 1.71 bits per heavy atom. The first-order valence-electron chi connectivity index (χ1n) is 6.13. The van der Waals surface area contributed by atoms with E-state index in [1.165, 1.54) is 26.4 Å². The molecular formula is C15H15FN2O3. The van der Waals surface area contributed by atoms with Crippen LogP contribution in [0.1, 0.15) is 10.4 Å². The summed E-state index contributed by atoms with van der Waals surface area (Å²) in [5, 5.41) is 2.58. The molecule has 0 radical (unpaired) electrons. The van der Waals surface area contributed by atoms with Gasteiger partial charge in [0.15, 0.2) is 0 Å². The highest BCUT2D eigenvalue weighted by Gasteiger charge is 2.13. The van der Waals surface area contributed by atoms with Gasteiger partial charge in [-0.3, -0.25) is 4.79 Å². The van der Waals surface area contributed by atoms with Crippen LogP contribution in [0.25, 0.3) is 0 Å². The number of amides is 1. The molecule has 0 saturated heterocycles. The number of anilines is 2. The van der Waals surface area contributed by atoms with E-state index in [1.54, 1.807) is 18.2 Å². The normalized spacial score (nSPS) is 10.0. The Morgan fingerprint density at radius 3 is 2.29 bits per heavy atom. The predicted molar refractivity (Wildman–Crippen MR) is 78.3 cm³/mol. The summed E-state index contributed by atoms with van der Waals surface area (Å²) in [6.07, 6.45) is 0. The zero-order chi connectivity index (χ0) is 15.4. The molecule has 0 saturated carbocycles. The number of carbonyl (C=O) groups excluding carboxylic acids is 1. The number of nitrogens with two attached hydrogens (primary N) is 1. The van der Waals surface area contributed by atoms with Crippen molar-refractivity contribution >= 4 is 17.3 Å². The van der Waals surface area contributed by atoms with Gasteiger partial charge in [-0.1, -0.05) is 0 Å². The third kappa shape index (κ3) is 3.42. The topological polar surface area (TPSA) is 73.6 Å². The fraction of sp³-hybridized carbons (Fsp3) is 0.133. The fourth-order valence-electron chi connectivity index (χ4n) is 1.79. The maximum Gasteiger partial charge on any atom is 0.258 e. The van der Waals surface area contributed by atoms with Crippen molar-refractivity contribution < 1.29 is 18.7 Å². The average molecular weight is 290 g/mol. The van der Waals surface area contributed by atoms with Crippen molar-refractivity contribution in [2.24, 2.45) is 0 Å². The van der Waals surface area contributed by atoms with Crippen molar-refractivity contribution in [3.05, 3.63) is 47.8 Å². The standard InChI is InChI=1S/C15H15FN2O3/c1-20-11-6-10(7-12(8-11)21-2)18-15(19)13-5-9(17)3-4-14(13)16/h3-8H,17H2,1-2H3,(H,18,19). The van der Waals surface area contributed by atoms with Crippen LogP contribution in [0.4, 0.5) is 15.8 Å². The molecule has 110 valence electrons. The number of nitrogens with one attached hydrogen (secondary N) is 1. The van der Waals surface area contributed by atoms with E-state index >= 15 is 0 Å². The van der Waals surface area contributed by atoms with Crippen LogP contribution in [0, 0.1) is 5.82 Å². The molecule has 21 heavy (non-hydrogen) atoms. The van der Waals surface area contributed by atoms with Crippen molar-refractivity contribution in [3.63, 3.8) is 0 Å². The van der Waals surface area contributed by atoms with E-state index in [9.17, 15) is 9.18 Å². The molecule has 0 unspecified atom stereocenters. The smallest absolute Gasteiger partial charge is 0.258 e. The zero-order valence-corrected chi connectivity index (χ0v) is 11.6. The number of methoxy groups -OCH3 is 2. The molecule has 2 aromatic rings. The lowest BCUT2D eigenvalue weighted by Gasteiger charge is -2.10. The van der Waals surface area contributed by atoms with Gasteiger partial charge in [0.1, 0.15) is 17.3 Å². The number of carbonyl (C=O) groups is 1. The van der Waals surface area contributed by atoms with Crippen LogP contribution >= 0.6 is 0 Å². The number of benzene rings is 2. The minimum absolute atomic E-state index is 0.128. The van der Waals surface area contributed by atoms with Crippen LogP contribution in [-0.4, -0.2) is 20.1 Å². The van der Waals surface area contributed by atoms with Crippen molar-refractivity contribution in [2.45, 2.75) is 0 Å². The number of ether oxygens (including phenoxy) is 2. The van der Waals surface area contributed by atoms with E-state index in [-0.39, 0.29) is 5.56 Å². The van der Waals surface area contributed by atoms with Crippen molar-refractivity contribution in [3.8, 4) is 11.5 Å². The van der Waals surface area contributed by atoms with Gasteiger partial charge in [-0.25, -0.2) is 4.39 Å². The second-order valence-electron chi connectivity index (χ2n) is 4.29. The summed E-state index contributed by atoms with van der Waals surface area (Å²) in [6.45, 7) is 0. The SMILES string of the molecule is COc1cc(NC(=O)c2cc(N)ccc2F)cc(OC)c1. The highest BCUT2D eigenvalue weighted by Crippen LogP contribution is 2.26. The van der Waals surface area contributed by atoms with Gasteiger partial charge in [-0.05, 0) is 18.2 Å². The summed E-state index contributed by atoms with van der Waals surface area (Å²) in [7, 11) is 3.00. The van der Waals surface area contributed by atoms with Gasteiger partial charge in [0.05, 0.1) is 19.8 Å². The fourth-order valence-corrected chi connectivity index (χ4v) is 1.79. The molecule has 2 aromatic carbocycles. The van der Waals surface area contributed by atoms with Gasteiger partial charge >= 0.3 is 0 Å². The first kappa shape index (κ1) is 14.6. The van der Waals surface area contributed by atoms with Gasteiger partial charge < -0.3 is 20.5 Å². The van der Waals surface area contributed by atoms with E-state index in [0.29, 0.717) is 22.9 Å². The van der Waals surface area contributed by atoms with Crippen LogP contribution in [0.5, 0.6) is 11.5 Å². The Balaban J connectivity index is 2.28. The van der Waals surface area contributed by atoms with Crippen molar-refractivity contribution in [2.75, 3.05) is 25.3 Å². The molecule has 0 aliphatic heterocycles. The van der Waals surface area contributed by atoms with Crippen LogP contribution in [-0.2, 0) is 0 Å². The van der Waals surface area contributed by atoms with Crippen molar-refractivity contribution in [1.82, 2.24) is 0 Å². The summed E-state index contributed by atoms with van der Waals surface area (Å²) < 4.78 is 23.9. The Hall–Kier alpha value is -2.76. The van der Waals surface area contributed by atoms with Crippen LogP contribution in [0.2, 0.25) is 0 Å². The third-order valence-electron chi connectivity index (χ3n) is 2.84. The summed E-state index contributed by atoms with van der Waals surface area (Å²) in [5.74, 6) is -0.220. The highest BCUT2D eigenvalue weighted by molar-refractivity contribution is 6.05. The molecule has 0 spiro atoms. The summed E-state index contributed by atoms with van der Waals surface area (Å²) >= 11 is 0. The average Bonchev–Trinajstić information content (AvgIpc) is 2.49. The second kappa shape index (κ2) is 6.13. The minimum Gasteiger partial charge on any atom is -0.497 e. The van der Waals surface area contributed by atoms with Crippen LogP contribution in [0.3, 0.4) is 0 Å². The van der Waals surface area contributed by atoms with Crippen LogP contribution in [0.15, 0.2) is 36.4 Å². The number of hydrogen-bond donors (Lipinski definition) is 2. The molecular weight excluding hydrogens is 275 g/mol. The molecule has 0 heterocycles. The zero-order valence-electron chi connectivity index (χ0n) is 11.6. The summed E-state index contributed by atoms with van der Waals surface area (Å²) in [4.78, 5) is 12.1. The lowest BCUT2D eigenvalue weighted by Crippen LogP contribution is -2.14. The van der Waals surface area contributed by atoms with Gasteiger partial charge in [0.2, 0.25) is 0 Å². The van der Waals surface area contributed by atoms with Gasteiger partial charge in [-0.2, -0.15) is 0 Å². The largest absolute Gasteiger partial charge is 0.497 e. The number of hydrogen-bond acceptors (Lipinski definition) is 4. The molecule has 1 amide bonds. The van der Waals surface area contributed by atoms with E-state index in [0.717, 1.165) is 6.07 Å². The maximum absolute atomic E-state index is 13.6. The van der Waals surface area contributed by atoms with E-state index < -0.39 is 11.7 Å². The quantitative estimate of drug-likeness (QED) is 0.849. The minimum atomic E-state index is -0.642. The number of rotatable bonds is 4. The molecule has 0 aliphatic rings. The molecule has 0 aromatic heterocycles. The third-order valence-corrected chi connectivity index (χ3v) is 2.84. The Kier molecular flexibility index (Phi) is 4.27. The molecule has 0 fully saturated rings. The van der Waals surface area contributed by atoms with Gasteiger partial charge in [0.25, 0.3) is 5.91 Å². The monoisotopic (exact) mass is 290 g/mol. The van der Waals surface area contributed by atoms with Crippen molar-refractivity contribution in [1.29, 1.82) is 0 Å². The molecule has 5 nitrogen and oxygen atoms in total. The summed E-state index contributed by atoms with van der Waals surface area (Å²) in [5.41, 5.74) is 6.17. The Bertz CT molecular complexity index is 652. The molecule has 3 N–H and O–H groups in total. The number of nitrogen functional groups attached to an aromatic ring is 1. The predicted octanol–water partition coefficient (Wildman–Crippen LogP) is 2.68. The van der Waals surface area contributed by atoms with E-state index in [2.05, 4.69) is 5.32 Å². The molecule has 0 atom stereocenters. The Labute approximate surface area is 121 Å². The lowest BCUT2D eigenvalue weighted by atomic mass is 10.1. The Morgan fingerprint density at radius 1 is 1.10 bits per heavy atom. The maximum atomic E-state index is 13.6. The first-order chi connectivity index (χ1) is 10.0. The molecule has 0 bridgehead atoms. The second-order valence-corrected chi connectivity index (χ2v) is 4.29. The van der Waals surface area contributed by atoms with E-state index in [4.69, 9.17) is 15.2 Å². The van der Waals surface area contributed by atoms with Gasteiger partial charge in [-0.15, -0.1) is 0 Å². The first-order valence-corrected chi connectivity index (χ1v) is 6.13. The summed E-state index contributed by atoms with van der Waals surface area (Å²) in [6, 6.07) is 8.69. The lowest BCUT2D eigenvalue weighted by molar-refractivity contribution is 0.102. The molecule has 6 heteroatoms. The highest BCUT2D eigenvalue weighted by atomic mass is 19.1. The molecule has 2 rings (SSSR count).